The van der Waals surface area contributed by atoms with Crippen LogP contribution in [0.2, 0.25) is 0 Å². The quantitative estimate of drug-likeness (QED) is 0.0647. The third-order valence-corrected chi connectivity index (χ3v) is 9.57. The number of carbonyl (C=O) groups is 1. The molecule has 3 heterocycles. The molecule has 1 aromatic heterocycles. The number of aliphatic hydroxyl groups excluding tert-OH is 6. The van der Waals surface area contributed by atoms with Gasteiger partial charge in [-0.3, -0.25) is 4.79 Å². The summed E-state index contributed by atoms with van der Waals surface area (Å²) in [6.45, 7) is 7.25. The maximum atomic E-state index is 14.1. The molecule has 11 atom stereocenters. The monoisotopic (exact) mass is 790 g/mol. The molecule has 9 N–H and O–H groups in total. The molecule has 0 radical (unpaired) electrons. The van der Waals surface area contributed by atoms with Gasteiger partial charge in [0.1, 0.15) is 53.0 Å². The van der Waals surface area contributed by atoms with Gasteiger partial charge in [0.25, 0.3) is 0 Å². The lowest BCUT2D eigenvalue weighted by Crippen LogP contribution is -2.60. The fourth-order valence-electron chi connectivity index (χ4n) is 6.07. The van der Waals surface area contributed by atoms with Gasteiger partial charge < -0.3 is 78.8 Å². The Bertz CT molecular complexity index is 1990. The molecule has 18 nitrogen and oxygen atoms in total. The van der Waals surface area contributed by atoms with Crippen LogP contribution in [-0.4, -0.2) is 133 Å². The molecule has 56 heavy (non-hydrogen) atoms. The summed E-state index contributed by atoms with van der Waals surface area (Å²) < 4.78 is 39.4. The number of aliphatic hydroxyl groups is 7. The summed E-state index contributed by atoms with van der Waals surface area (Å²) in [6, 6.07) is 5.97. The van der Waals surface area contributed by atoms with Gasteiger partial charge in [-0.25, -0.2) is 4.79 Å². The Morgan fingerprint density at radius 2 is 1.64 bits per heavy atom. The van der Waals surface area contributed by atoms with Gasteiger partial charge in [-0.1, -0.05) is 12.2 Å². The molecule has 0 amide bonds. The summed E-state index contributed by atoms with van der Waals surface area (Å²) in [6.07, 6.45) is -12.7. The van der Waals surface area contributed by atoms with E-state index in [1.165, 1.54) is 51.3 Å². The minimum Gasteiger partial charge on any atom is -0.507 e. The minimum atomic E-state index is -1.93. The number of phenolic OH excluding ortho intramolecular Hbond substituents is 2. The Kier molecular flexibility index (Phi) is 13.0. The second-order valence-electron chi connectivity index (χ2n) is 13.8. The maximum Gasteiger partial charge on any atom is 0.333 e. The molecule has 0 spiro atoms. The van der Waals surface area contributed by atoms with Gasteiger partial charge in [-0.2, -0.15) is 0 Å². The van der Waals surface area contributed by atoms with Crippen LogP contribution in [0.3, 0.4) is 0 Å². The van der Waals surface area contributed by atoms with Crippen LogP contribution in [0.25, 0.3) is 22.3 Å². The van der Waals surface area contributed by atoms with E-state index in [-0.39, 0.29) is 46.1 Å². The van der Waals surface area contributed by atoms with Crippen LogP contribution in [0.4, 0.5) is 0 Å². The molecule has 3 aromatic rings. The van der Waals surface area contributed by atoms with Crippen molar-refractivity contribution in [1.82, 2.24) is 0 Å². The molecule has 2 aromatic carbocycles. The number of fused-ring (bicyclic) bond motifs is 1. The number of phenols is 2. The van der Waals surface area contributed by atoms with E-state index < -0.39 is 102 Å². The molecular formula is C38H46O18. The molecule has 0 aliphatic carbocycles. The van der Waals surface area contributed by atoms with E-state index in [0.717, 1.165) is 12.1 Å². The lowest BCUT2D eigenvalue weighted by molar-refractivity contribution is -0.277. The number of aromatic hydroxyl groups is 2. The second kappa shape index (κ2) is 17.2. The molecule has 18 heteroatoms. The van der Waals surface area contributed by atoms with Gasteiger partial charge in [0.15, 0.2) is 29.5 Å². The highest BCUT2D eigenvalue weighted by molar-refractivity contribution is 5.89. The Morgan fingerprint density at radius 1 is 0.946 bits per heavy atom. The predicted molar refractivity (Wildman–Crippen MR) is 193 cm³/mol. The smallest absolute Gasteiger partial charge is 0.333 e. The first kappa shape index (κ1) is 42.4. The number of benzene rings is 2. The van der Waals surface area contributed by atoms with E-state index in [2.05, 4.69) is 6.58 Å². The van der Waals surface area contributed by atoms with Gasteiger partial charge in [0.2, 0.25) is 23.8 Å². The topological polar surface area (TPSA) is 285 Å². The van der Waals surface area contributed by atoms with Crippen LogP contribution in [0, 0.1) is 0 Å². The Morgan fingerprint density at radius 3 is 2.30 bits per heavy atom. The average Bonchev–Trinajstić information content (AvgIpc) is 3.16. The number of esters is 1. The summed E-state index contributed by atoms with van der Waals surface area (Å²) in [5.74, 6) is -3.15. The zero-order valence-corrected chi connectivity index (χ0v) is 30.8. The number of hydrogen-bond donors (Lipinski definition) is 9. The van der Waals surface area contributed by atoms with Gasteiger partial charge >= 0.3 is 5.97 Å². The Labute approximate surface area is 319 Å². The van der Waals surface area contributed by atoms with E-state index in [1.54, 1.807) is 6.92 Å². The molecule has 2 saturated heterocycles. The van der Waals surface area contributed by atoms with E-state index >= 15 is 0 Å². The van der Waals surface area contributed by atoms with Crippen LogP contribution in [0.1, 0.15) is 33.6 Å². The molecular weight excluding hydrogens is 744 g/mol. The fraction of sp³-hybridized carbons (Fsp3) is 0.474. The summed E-state index contributed by atoms with van der Waals surface area (Å²) in [5.41, 5.74) is -2.28. The first-order valence-electron chi connectivity index (χ1n) is 17.5. The van der Waals surface area contributed by atoms with E-state index in [0.29, 0.717) is 6.42 Å². The number of methoxy groups -OCH3 is 1. The van der Waals surface area contributed by atoms with Crippen LogP contribution in [0.15, 0.2) is 63.8 Å². The van der Waals surface area contributed by atoms with Gasteiger partial charge in [0.05, 0.1) is 25.4 Å². The normalized spacial score (nSPS) is 29.3. The summed E-state index contributed by atoms with van der Waals surface area (Å²) >= 11 is 0. The zero-order valence-electron chi connectivity index (χ0n) is 30.8. The SMILES string of the molecule is C=CC(C)(O)CCC=C(C)C(=O)OC1C(O)C(C)OC(Oc2cc(O)c3c(=O)c(OC4OC(CO)C(O)C(O)C4O)c(-c4ccc(O)c(OC)c4)oc3c2)C1O. The van der Waals surface area contributed by atoms with Gasteiger partial charge in [0, 0.05) is 23.3 Å². The van der Waals surface area contributed by atoms with Crippen molar-refractivity contribution in [3.05, 3.63) is 64.9 Å². The predicted octanol–water partition coefficient (Wildman–Crippen LogP) is 0.479. The van der Waals surface area contributed by atoms with Crippen molar-refractivity contribution in [2.45, 2.75) is 101 Å². The highest BCUT2D eigenvalue weighted by Gasteiger charge is 2.47. The van der Waals surface area contributed by atoms with Gasteiger partial charge in [-0.15, -0.1) is 6.58 Å². The molecule has 0 bridgehead atoms. The van der Waals surface area contributed by atoms with Crippen molar-refractivity contribution >= 4 is 16.9 Å². The third-order valence-electron chi connectivity index (χ3n) is 9.57. The number of rotatable bonds is 13. The second-order valence-corrected chi connectivity index (χ2v) is 13.8. The van der Waals surface area contributed by atoms with Crippen LogP contribution in [-0.2, 0) is 19.0 Å². The molecule has 0 saturated carbocycles. The number of hydrogen-bond acceptors (Lipinski definition) is 18. The molecule has 2 fully saturated rings. The lowest BCUT2D eigenvalue weighted by atomic mass is 9.99. The summed E-state index contributed by atoms with van der Waals surface area (Å²) in [5, 5.41) is 93.8. The number of carbonyl (C=O) groups excluding carboxylic acids is 1. The molecule has 2 aliphatic heterocycles. The highest BCUT2D eigenvalue weighted by Crippen LogP contribution is 2.40. The summed E-state index contributed by atoms with van der Waals surface area (Å²) in [7, 11) is 1.27. The Balaban J connectivity index is 1.48. The summed E-state index contributed by atoms with van der Waals surface area (Å²) in [4.78, 5) is 27.0. The molecule has 5 rings (SSSR count). The number of ether oxygens (including phenoxy) is 6. The standard InChI is InChI=1S/C38H46O18/c1-6-38(4,49)11-7-8-16(2)35(48)55-33-26(42)17(3)51-37(31(33)47)52-19-13-21(41)25-23(14-19)53-32(18-9-10-20(40)22(12-18)50-5)34(28(25)44)56-36-30(46)29(45)27(43)24(15-39)54-36/h6,8-10,12-14,17,24,26-27,29-31,33,36-37,39-43,45-47,49H,1,7,11,15H2,2-5H3. The average molecular weight is 791 g/mol. The Hall–Kier alpha value is -4.76. The fourth-order valence-corrected chi connectivity index (χ4v) is 6.07. The van der Waals surface area contributed by atoms with Crippen molar-refractivity contribution in [2.24, 2.45) is 0 Å². The number of allylic oxidation sites excluding steroid dienone is 1. The van der Waals surface area contributed by atoms with Crippen molar-refractivity contribution in [2.75, 3.05) is 13.7 Å². The zero-order chi connectivity index (χ0) is 41.2. The van der Waals surface area contributed by atoms with E-state index in [9.17, 15) is 55.5 Å². The third kappa shape index (κ3) is 8.78. The van der Waals surface area contributed by atoms with Crippen molar-refractivity contribution in [1.29, 1.82) is 0 Å². The van der Waals surface area contributed by atoms with Crippen LogP contribution in [0.5, 0.6) is 28.7 Å². The highest BCUT2D eigenvalue weighted by atomic mass is 16.7. The molecule has 11 unspecified atom stereocenters. The lowest BCUT2D eigenvalue weighted by Gasteiger charge is -2.40. The molecule has 306 valence electrons. The largest absolute Gasteiger partial charge is 0.507 e. The van der Waals surface area contributed by atoms with Crippen molar-refractivity contribution in [3.63, 3.8) is 0 Å². The van der Waals surface area contributed by atoms with E-state index in [4.69, 9.17) is 32.8 Å². The first-order valence-corrected chi connectivity index (χ1v) is 17.5. The van der Waals surface area contributed by atoms with E-state index in [1.807, 2.05) is 0 Å². The van der Waals surface area contributed by atoms with Gasteiger partial charge in [-0.05, 0) is 51.8 Å². The first-order chi connectivity index (χ1) is 26.4. The van der Waals surface area contributed by atoms with Crippen LogP contribution >= 0.6 is 0 Å². The molecule has 2 aliphatic rings. The maximum absolute atomic E-state index is 14.1. The minimum absolute atomic E-state index is 0.0505. The van der Waals surface area contributed by atoms with Crippen molar-refractivity contribution < 1.29 is 83.6 Å². The van der Waals surface area contributed by atoms with Crippen molar-refractivity contribution in [3.8, 4) is 40.1 Å². The van der Waals surface area contributed by atoms with Crippen LogP contribution < -0.4 is 19.6 Å².